The van der Waals surface area contributed by atoms with Gasteiger partial charge in [-0.15, -0.1) is 0 Å². The van der Waals surface area contributed by atoms with Crippen LogP contribution in [-0.4, -0.2) is 30.2 Å². The number of esters is 1. The molecule has 2 N–H and O–H groups in total. The standard InChI is InChI=1S/C12H15NO4/c1-8(14)13-10-5-3-9(4-6-10)7-11(15)12(16)17-2/h3-6,11,15H,7H2,1-2H3,(H,13,14). The number of hydrogen-bond donors (Lipinski definition) is 2. The summed E-state index contributed by atoms with van der Waals surface area (Å²) in [6.07, 6.45) is -0.973. The molecule has 0 saturated carbocycles. The number of carbonyl (C=O) groups is 2. The van der Waals surface area contributed by atoms with Gasteiger partial charge in [0.15, 0.2) is 6.10 Å². The number of methoxy groups -OCH3 is 1. The van der Waals surface area contributed by atoms with Crippen LogP contribution in [0.2, 0.25) is 0 Å². The largest absolute Gasteiger partial charge is 0.467 e. The van der Waals surface area contributed by atoms with Crippen LogP contribution in [0.1, 0.15) is 12.5 Å². The number of amides is 1. The molecule has 1 aromatic rings. The van der Waals surface area contributed by atoms with E-state index in [2.05, 4.69) is 10.1 Å². The highest BCUT2D eigenvalue weighted by Crippen LogP contribution is 2.11. The fraction of sp³-hybridized carbons (Fsp3) is 0.333. The molecule has 1 atom stereocenters. The van der Waals surface area contributed by atoms with E-state index in [1.54, 1.807) is 24.3 Å². The molecule has 17 heavy (non-hydrogen) atoms. The third-order valence-corrected chi connectivity index (χ3v) is 2.18. The molecular formula is C12H15NO4. The van der Waals surface area contributed by atoms with Crippen LogP contribution >= 0.6 is 0 Å². The Hall–Kier alpha value is -1.88. The smallest absolute Gasteiger partial charge is 0.335 e. The highest BCUT2D eigenvalue weighted by molar-refractivity contribution is 5.88. The van der Waals surface area contributed by atoms with Gasteiger partial charge < -0.3 is 15.2 Å². The van der Waals surface area contributed by atoms with Gasteiger partial charge in [0.25, 0.3) is 0 Å². The van der Waals surface area contributed by atoms with Crippen molar-refractivity contribution < 1.29 is 19.4 Å². The molecule has 5 heteroatoms. The minimum Gasteiger partial charge on any atom is -0.467 e. The van der Waals surface area contributed by atoms with Crippen LogP contribution in [0.3, 0.4) is 0 Å². The maximum absolute atomic E-state index is 11.0. The van der Waals surface area contributed by atoms with E-state index >= 15 is 0 Å². The minimum atomic E-state index is -1.16. The molecule has 0 bridgehead atoms. The molecule has 0 fully saturated rings. The molecule has 1 rings (SSSR count). The van der Waals surface area contributed by atoms with Crippen LogP contribution in [0.15, 0.2) is 24.3 Å². The number of rotatable bonds is 4. The summed E-state index contributed by atoms with van der Waals surface area (Å²) in [7, 11) is 1.23. The summed E-state index contributed by atoms with van der Waals surface area (Å²) in [5.41, 5.74) is 1.46. The van der Waals surface area contributed by atoms with Crippen molar-refractivity contribution in [2.24, 2.45) is 0 Å². The molecule has 0 radical (unpaired) electrons. The summed E-state index contributed by atoms with van der Waals surface area (Å²) in [6, 6.07) is 6.89. The van der Waals surface area contributed by atoms with Gasteiger partial charge >= 0.3 is 5.97 Å². The molecular weight excluding hydrogens is 222 g/mol. The van der Waals surface area contributed by atoms with Crippen molar-refractivity contribution in [1.82, 2.24) is 0 Å². The summed E-state index contributed by atoms with van der Waals surface area (Å²) in [4.78, 5) is 21.8. The molecule has 5 nitrogen and oxygen atoms in total. The number of hydrogen-bond acceptors (Lipinski definition) is 4. The average molecular weight is 237 g/mol. The zero-order valence-electron chi connectivity index (χ0n) is 9.77. The van der Waals surface area contributed by atoms with Crippen molar-refractivity contribution in [1.29, 1.82) is 0 Å². The lowest BCUT2D eigenvalue weighted by molar-refractivity contribution is -0.150. The van der Waals surface area contributed by atoms with Crippen molar-refractivity contribution in [3.8, 4) is 0 Å². The average Bonchev–Trinajstić information content (AvgIpc) is 2.30. The Labute approximate surface area is 99.4 Å². The van der Waals surface area contributed by atoms with Gasteiger partial charge in [0.1, 0.15) is 0 Å². The van der Waals surface area contributed by atoms with E-state index in [-0.39, 0.29) is 12.3 Å². The van der Waals surface area contributed by atoms with Crippen LogP contribution < -0.4 is 5.32 Å². The molecule has 0 aliphatic rings. The number of aliphatic hydroxyl groups excluding tert-OH is 1. The maximum Gasteiger partial charge on any atom is 0.335 e. The van der Waals surface area contributed by atoms with E-state index < -0.39 is 12.1 Å². The number of ether oxygens (including phenoxy) is 1. The first-order chi connectivity index (χ1) is 8.02. The summed E-state index contributed by atoms with van der Waals surface area (Å²) in [5.74, 6) is -0.803. The fourth-order valence-corrected chi connectivity index (χ4v) is 1.37. The fourth-order valence-electron chi connectivity index (χ4n) is 1.37. The summed E-state index contributed by atoms with van der Waals surface area (Å²) in [6.45, 7) is 1.43. The molecule has 1 amide bonds. The number of nitrogens with one attached hydrogen (secondary N) is 1. The van der Waals surface area contributed by atoms with Crippen LogP contribution in [-0.2, 0) is 20.7 Å². The first-order valence-electron chi connectivity index (χ1n) is 5.15. The Kier molecular flexibility index (Phi) is 4.66. The predicted molar refractivity (Wildman–Crippen MR) is 62.5 cm³/mol. The van der Waals surface area contributed by atoms with Crippen LogP contribution in [0, 0.1) is 0 Å². The SMILES string of the molecule is COC(=O)C(O)Cc1ccc(NC(C)=O)cc1. The number of carbonyl (C=O) groups excluding carboxylic acids is 2. The third kappa shape index (κ3) is 4.24. The number of benzene rings is 1. The molecule has 1 aromatic carbocycles. The Bertz CT molecular complexity index is 399. The van der Waals surface area contributed by atoms with Crippen molar-refractivity contribution in [2.45, 2.75) is 19.4 Å². The number of aliphatic hydroxyl groups is 1. The topological polar surface area (TPSA) is 75.6 Å². The first kappa shape index (κ1) is 13.2. The Morgan fingerprint density at radius 2 is 1.94 bits per heavy atom. The van der Waals surface area contributed by atoms with Gasteiger partial charge in [-0.25, -0.2) is 4.79 Å². The molecule has 0 heterocycles. The zero-order valence-corrected chi connectivity index (χ0v) is 9.77. The predicted octanol–water partition coefficient (Wildman–Crippen LogP) is 0.721. The number of anilines is 1. The van der Waals surface area contributed by atoms with E-state index in [1.165, 1.54) is 14.0 Å². The Morgan fingerprint density at radius 3 is 2.41 bits per heavy atom. The highest BCUT2D eigenvalue weighted by Gasteiger charge is 2.15. The quantitative estimate of drug-likeness (QED) is 0.757. The van der Waals surface area contributed by atoms with Gasteiger partial charge in [-0.2, -0.15) is 0 Å². The molecule has 0 aliphatic carbocycles. The van der Waals surface area contributed by atoms with E-state index in [0.29, 0.717) is 5.69 Å². The van der Waals surface area contributed by atoms with Crippen LogP contribution in [0.25, 0.3) is 0 Å². The Balaban J connectivity index is 2.62. The molecule has 92 valence electrons. The summed E-state index contributed by atoms with van der Waals surface area (Å²) in [5, 5.41) is 12.1. The normalized spacial score (nSPS) is 11.7. The van der Waals surface area contributed by atoms with Crippen molar-refractivity contribution >= 4 is 17.6 Å². The van der Waals surface area contributed by atoms with E-state index in [4.69, 9.17) is 0 Å². The van der Waals surface area contributed by atoms with Crippen LogP contribution in [0.5, 0.6) is 0 Å². The van der Waals surface area contributed by atoms with Crippen molar-refractivity contribution in [3.05, 3.63) is 29.8 Å². The van der Waals surface area contributed by atoms with Gasteiger partial charge in [0, 0.05) is 19.0 Å². The molecule has 0 saturated heterocycles. The van der Waals surface area contributed by atoms with E-state index in [0.717, 1.165) is 5.56 Å². The van der Waals surface area contributed by atoms with E-state index in [9.17, 15) is 14.7 Å². The van der Waals surface area contributed by atoms with Crippen molar-refractivity contribution in [2.75, 3.05) is 12.4 Å². The first-order valence-corrected chi connectivity index (χ1v) is 5.15. The second-order valence-electron chi connectivity index (χ2n) is 3.62. The lowest BCUT2D eigenvalue weighted by Gasteiger charge is -2.09. The van der Waals surface area contributed by atoms with Gasteiger partial charge in [0.05, 0.1) is 7.11 Å². The summed E-state index contributed by atoms with van der Waals surface area (Å²) < 4.78 is 4.41. The van der Waals surface area contributed by atoms with Crippen LogP contribution in [0.4, 0.5) is 5.69 Å². The molecule has 1 unspecified atom stereocenters. The second kappa shape index (κ2) is 6.00. The van der Waals surface area contributed by atoms with Gasteiger partial charge in [0.2, 0.25) is 5.91 Å². The van der Waals surface area contributed by atoms with Gasteiger partial charge in [-0.1, -0.05) is 12.1 Å². The van der Waals surface area contributed by atoms with E-state index in [1.807, 2.05) is 0 Å². The zero-order chi connectivity index (χ0) is 12.8. The monoisotopic (exact) mass is 237 g/mol. The maximum atomic E-state index is 11.0. The molecule has 0 aliphatic heterocycles. The van der Waals surface area contributed by atoms with Gasteiger partial charge in [-0.3, -0.25) is 4.79 Å². The van der Waals surface area contributed by atoms with Gasteiger partial charge in [-0.05, 0) is 17.7 Å². The molecule has 0 spiro atoms. The minimum absolute atomic E-state index is 0.146. The molecule has 0 aromatic heterocycles. The lowest BCUT2D eigenvalue weighted by Crippen LogP contribution is -2.24. The Morgan fingerprint density at radius 1 is 1.35 bits per heavy atom. The third-order valence-electron chi connectivity index (χ3n) is 2.18. The summed E-state index contributed by atoms with van der Waals surface area (Å²) >= 11 is 0. The van der Waals surface area contributed by atoms with Crippen molar-refractivity contribution in [3.63, 3.8) is 0 Å². The highest BCUT2D eigenvalue weighted by atomic mass is 16.5. The lowest BCUT2D eigenvalue weighted by atomic mass is 10.1. The second-order valence-corrected chi connectivity index (χ2v) is 3.62.